The van der Waals surface area contributed by atoms with Gasteiger partial charge in [0.1, 0.15) is 29.2 Å². The summed E-state index contributed by atoms with van der Waals surface area (Å²) in [5.74, 6) is 1.99. The molecule has 2 aromatic carbocycles. The molecule has 0 spiro atoms. The van der Waals surface area contributed by atoms with Gasteiger partial charge in [-0.05, 0) is 81.3 Å². The molecule has 0 aliphatic heterocycles. The molecule has 2 heterocycles. The van der Waals surface area contributed by atoms with E-state index in [2.05, 4.69) is 25.6 Å². The fourth-order valence-electron chi connectivity index (χ4n) is 3.55. The van der Waals surface area contributed by atoms with Crippen molar-refractivity contribution in [3.8, 4) is 11.5 Å². The molecule has 37 heavy (non-hydrogen) atoms. The largest absolute Gasteiger partial charge is 0.455 e. The highest BCUT2D eigenvalue weighted by atomic mass is 16.5. The molecule has 0 aliphatic rings. The molecule has 1 amide bonds. The van der Waals surface area contributed by atoms with Crippen LogP contribution < -0.4 is 15.4 Å². The molecule has 4 rings (SSSR count). The monoisotopic (exact) mass is 497 g/mol. The van der Waals surface area contributed by atoms with E-state index in [0.717, 1.165) is 39.2 Å². The third-order valence-corrected chi connectivity index (χ3v) is 5.96. The first-order valence-electron chi connectivity index (χ1n) is 12.0. The topological polar surface area (TPSA) is 98.3 Å². The third-order valence-electron chi connectivity index (χ3n) is 5.96. The number of methoxy groups -OCH3 is 1. The van der Waals surface area contributed by atoms with Gasteiger partial charge in [0.15, 0.2) is 0 Å². The molecule has 0 unspecified atom stereocenters. The third kappa shape index (κ3) is 6.48. The van der Waals surface area contributed by atoms with Gasteiger partial charge in [-0.25, -0.2) is 9.97 Å². The van der Waals surface area contributed by atoms with Crippen molar-refractivity contribution in [2.24, 2.45) is 0 Å². The summed E-state index contributed by atoms with van der Waals surface area (Å²) in [6.07, 6.45) is 7.11. The average molecular weight is 498 g/mol. The van der Waals surface area contributed by atoms with E-state index in [1.54, 1.807) is 26.4 Å². The summed E-state index contributed by atoms with van der Waals surface area (Å²) in [7, 11) is 1.52. The molecule has 8 heteroatoms. The van der Waals surface area contributed by atoms with Crippen molar-refractivity contribution >= 4 is 34.4 Å². The van der Waals surface area contributed by atoms with Crippen LogP contribution in [0.4, 0.5) is 11.5 Å². The maximum absolute atomic E-state index is 12.1. The van der Waals surface area contributed by atoms with Crippen LogP contribution in [0.25, 0.3) is 17.0 Å². The average Bonchev–Trinajstić information content (AvgIpc) is 2.89. The number of hydrogen-bond donors (Lipinski definition) is 2. The van der Waals surface area contributed by atoms with E-state index in [1.807, 2.05) is 74.5 Å². The second-order valence-corrected chi connectivity index (χ2v) is 9.17. The lowest BCUT2D eigenvalue weighted by Gasteiger charge is -2.21. The number of hydrogen-bond acceptors (Lipinski definition) is 7. The van der Waals surface area contributed by atoms with Crippen LogP contribution in [-0.2, 0) is 9.53 Å². The van der Waals surface area contributed by atoms with Gasteiger partial charge < -0.3 is 20.1 Å². The number of aromatic nitrogens is 3. The Bertz CT molecular complexity index is 1430. The van der Waals surface area contributed by atoms with Crippen molar-refractivity contribution in [1.29, 1.82) is 0 Å². The quantitative estimate of drug-likeness (QED) is 0.305. The number of nitrogens with zero attached hydrogens (tertiary/aromatic N) is 3. The van der Waals surface area contributed by atoms with E-state index < -0.39 is 5.60 Å². The molecule has 0 radical (unpaired) electrons. The van der Waals surface area contributed by atoms with Crippen molar-refractivity contribution in [2.75, 3.05) is 19.0 Å². The number of benzene rings is 2. The Balaban J connectivity index is 1.48. The number of fused-ring (bicyclic) bond motifs is 1. The molecule has 0 fully saturated rings. The number of anilines is 2. The number of carbonyl (C=O) groups is 1. The Kier molecular flexibility index (Phi) is 7.79. The highest BCUT2D eigenvalue weighted by molar-refractivity contribution is 5.92. The lowest BCUT2D eigenvalue weighted by molar-refractivity contribution is -0.139. The van der Waals surface area contributed by atoms with Gasteiger partial charge in [-0.2, -0.15) is 0 Å². The van der Waals surface area contributed by atoms with Crippen LogP contribution in [0.2, 0.25) is 0 Å². The number of amides is 1. The van der Waals surface area contributed by atoms with Gasteiger partial charge in [-0.1, -0.05) is 18.2 Å². The van der Waals surface area contributed by atoms with Crippen molar-refractivity contribution in [1.82, 2.24) is 20.3 Å². The van der Waals surface area contributed by atoms with E-state index in [9.17, 15) is 4.79 Å². The molecule has 190 valence electrons. The molecule has 2 aromatic heterocycles. The molecule has 0 bridgehead atoms. The number of nitrogens with one attached hydrogen (secondary N) is 2. The molecule has 0 atom stereocenters. The number of rotatable bonds is 9. The van der Waals surface area contributed by atoms with Crippen molar-refractivity contribution in [3.05, 3.63) is 84.0 Å². The summed E-state index contributed by atoms with van der Waals surface area (Å²) >= 11 is 0. The number of pyridine rings is 1. The Morgan fingerprint density at radius 3 is 2.59 bits per heavy atom. The molecular formula is C29H31N5O3. The van der Waals surface area contributed by atoms with E-state index in [4.69, 9.17) is 9.47 Å². The van der Waals surface area contributed by atoms with Gasteiger partial charge in [0.05, 0.1) is 11.7 Å². The van der Waals surface area contributed by atoms with Crippen molar-refractivity contribution < 1.29 is 14.3 Å². The summed E-state index contributed by atoms with van der Waals surface area (Å²) in [6.45, 7) is 7.79. The lowest BCUT2D eigenvalue weighted by atomic mass is 10.1. The van der Waals surface area contributed by atoms with Crippen LogP contribution in [0.5, 0.6) is 11.5 Å². The van der Waals surface area contributed by atoms with Gasteiger partial charge in [-0.3, -0.25) is 9.78 Å². The van der Waals surface area contributed by atoms with E-state index in [0.29, 0.717) is 18.1 Å². The van der Waals surface area contributed by atoms with E-state index in [-0.39, 0.29) is 5.91 Å². The Labute approximate surface area is 216 Å². The minimum atomic E-state index is -0.866. The summed E-state index contributed by atoms with van der Waals surface area (Å²) in [4.78, 5) is 25.3. The first-order chi connectivity index (χ1) is 17.7. The smallest absolute Gasteiger partial charge is 0.251 e. The number of aryl methyl sites for hydroxylation is 2. The maximum Gasteiger partial charge on any atom is 0.251 e. The Morgan fingerprint density at radius 1 is 1.03 bits per heavy atom. The van der Waals surface area contributed by atoms with Gasteiger partial charge >= 0.3 is 0 Å². The molecule has 8 nitrogen and oxygen atoms in total. The van der Waals surface area contributed by atoms with Gasteiger partial charge in [0.2, 0.25) is 0 Å². The van der Waals surface area contributed by atoms with E-state index >= 15 is 0 Å². The first-order valence-corrected chi connectivity index (χ1v) is 12.0. The zero-order chi connectivity index (χ0) is 26.4. The van der Waals surface area contributed by atoms with Crippen LogP contribution in [0, 0.1) is 13.8 Å². The number of carbonyl (C=O) groups excluding carboxylic acids is 1. The zero-order valence-electron chi connectivity index (χ0n) is 21.7. The minimum Gasteiger partial charge on any atom is -0.455 e. The molecule has 2 N–H and O–H groups in total. The van der Waals surface area contributed by atoms with Gasteiger partial charge in [0.25, 0.3) is 5.91 Å². The Hall–Kier alpha value is -4.30. The summed E-state index contributed by atoms with van der Waals surface area (Å²) in [5.41, 5.74) is 3.74. The summed E-state index contributed by atoms with van der Waals surface area (Å²) < 4.78 is 11.2. The lowest BCUT2D eigenvalue weighted by Crippen LogP contribution is -2.43. The molecule has 0 saturated heterocycles. The summed E-state index contributed by atoms with van der Waals surface area (Å²) in [6, 6.07) is 15.7. The standard InChI is InChI=1S/C29H31N5O3/c1-19-15-22(10-13-26(19)37-23-11-8-20(2)31-17-23)34-27-24-16-21(9-12-25(24)32-18-33-27)7-6-14-30-28(35)29(3,4)36-5/h6-13,15-18H,14H2,1-5H3,(H,30,35)(H,32,33,34)/b7-6+. The zero-order valence-corrected chi connectivity index (χ0v) is 21.7. The maximum atomic E-state index is 12.1. The molecule has 0 saturated carbocycles. The normalized spacial score (nSPS) is 11.6. The number of ether oxygens (including phenoxy) is 2. The predicted molar refractivity (Wildman–Crippen MR) is 146 cm³/mol. The Morgan fingerprint density at radius 2 is 1.86 bits per heavy atom. The second-order valence-electron chi connectivity index (χ2n) is 9.17. The van der Waals surface area contributed by atoms with Gasteiger partial charge in [-0.15, -0.1) is 0 Å². The van der Waals surface area contributed by atoms with Crippen LogP contribution in [0.15, 0.2) is 67.1 Å². The van der Waals surface area contributed by atoms with Crippen molar-refractivity contribution in [2.45, 2.75) is 33.3 Å². The van der Waals surface area contributed by atoms with Crippen molar-refractivity contribution in [3.63, 3.8) is 0 Å². The van der Waals surface area contributed by atoms with Crippen LogP contribution in [0.3, 0.4) is 0 Å². The first kappa shape index (κ1) is 25.8. The van der Waals surface area contributed by atoms with Gasteiger partial charge in [0, 0.05) is 30.4 Å². The SMILES string of the molecule is COC(C)(C)C(=O)NC/C=C/c1ccc2ncnc(Nc3ccc(Oc4ccc(C)nc4)c(C)c3)c2c1. The van der Waals surface area contributed by atoms with Crippen LogP contribution in [-0.4, -0.2) is 40.1 Å². The highest BCUT2D eigenvalue weighted by Gasteiger charge is 2.25. The molecule has 0 aliphatic carbocycles. The van der Waals surface area contributed by atoms with Crippen LogP contribution >= 0.6 is 0 Å². The second kappa shape index (κ2) is 11.2. The minimum absolute atomic E-state index is 0.166. The molecule has 4 aromatic rings. The fourth-order valence-corrected chi connectivity index (χ4v) is 3.55. The highest BCUT2D eigenvalue weighted by Crippen LogP contribution is 2.30. The summed E-state index contributed by atoms with van der Waals surface area (Å²) in [5, 5.41) is 7.14. The molecular weight excluding hydrogens is 466 g/mol. The van der Waals surface area contributed by atoms with E-state index in [1.165, 1.54) is 7.11 Å². The fraction of sp³-hybridized carbons (Fsp3) is 0.241. The van der Waals surface area contributed by atoms with Crippen LogP contribution in [0.1, 0.15) is 30.7 Å². The predicted octanol–water partition coefficient (Wildman–Crippen LogP) is 5.73.